The first-order chi connectivity index (χ1) is 40.5. The smallest absolute Gasteiger partial charge is 0.306 e. The molecule has 1 unspecified atom stereocenters. The maximum Gasteiger partial charge on any atom is 0.306 e. The molecule has 0 heterocycles. The summed E-state index contributed by atoms with van der Waals surface area (Å²) in [5, 5.41) is 0. The van der Waals surface area contributed by atoms with Gasteiger partial charge in [0.2, 0.25) is 0 Å². The molecule has 6 nitrogen and oxygen atoms in total. The first-order valence-electron chi connectivity index (χ1n) is 36.3. The highest BCUT2D eigenvalue weighted by Gasteiger charge is 2.19. The molecule has 0 aromatic heterocycles. The van der Waals surface area contributed by atoms with Crippen LogP contribution in [0.1, 0.15) is 387 Å². The quantitative estimate of drug-likeness (QED) is 0.0261. The van der Waals surface area contributed by atoms with Crippen molar-refractivity contribution in [2.45, 2.75) is 393 Å². The van der Waals surface area contributed by atoms with Gasteiger partial charge in [-0.1, -0.05) is 319 Å². The van der Waals surface area contributed by atoms with Crippen molar-refractivity contribution in [1.82, 2.24) is 0 Å². The Kier molecular flexibility index (Phi) is 68.1. The van der Waals surface area contributed by atoms with E-state index in [0.29, 0.717) is 19.3 Å². The minimum Gasteiger partial charge on any atom is -0.462 e. The van der Waals surface area contributed by atoms with E-state index in [2.05, 4.69) is 81.5 Å². The van der Waals surface area contributed by atoms with Crippen molar-refractivity contribution in [3.8, 4) is 0 Å². The Morgan fingerprint density at radius 2 is 0.439 bits per heavy atom. The fourth-order valence-corrected chi connectivity index (χ4v) is 10.7. The summed E-state index contributed by atoms with van der Waals surface area (Å²) >= 11 is 0. The Bertz CT molecular complexity index is 1460. The number of esters is 3. The Labute approximate surface area is 510 Å². The molecule has 0 amide bonds. The van der Waals surface area contributed by atoms with Crippen LogP contribution in [0.3, 0.4) is 0 Å². The zero-order chi connectivity index (χ0) is 59.2. The lowest BCUT2D eigenvalue weighted by Crippen LogP contribution is -2.30. The molecule has 0 saturated heterocycles. The van der Waals surface area contributed by atoms with E-state index >= 15 is 0 Å². The van der Waals surface area contributed by atoms with Crippen LogP contribution in [0, 0.1) is 0 Å². The second kappa shape index (κ2) is 70.6. The van der Waals surface area contributed by atoms with Crippen molar-refractivity contribution in [2.75, 3.05) is 13.2 Å². The van der Waals surface area contributed by atoms with E-state index in [1.807, 2.05) is 0 Å². The molecule has 0 fully saturated rings. The van der Waals surface area contributed by atoms with E-state index in [0.717, 1.165) is 83.5 Å². The predicted molar refractivity (Wildman–Crippen MR) is 358 cm³/mol. The monoisotopic (exact) mass is 1150 g/mol. The van der Waals surface area contributed by atoms with E-state index in [4.69, 9.17) is 14.2 Å². The molecule has 0 bridgehead atoms. The van der Waals surface area contributed by atoms with E-state index in [1.165, 1.54) is 263 Å². The zero-order valence-corrected chi connectivity index (χ0v) is 55.0. The lowest BCUT2D eigenvalue weighted by atomic mass is 10.0. The highest BCUT2D eigenvalue weighted by Crippen LogP contribution is 2.18. The number of hydrogen-bond donors (Lipinski definition) is 0. The van der Waals surface area contributed by atoms with Gasteiger partial charge in [-0.25, -0.2) is 0 Å². The Morgan fingerprint density at radius 3 is 0.720 bits per heavy atom. The summed E-state index contributed by atoms with van der Waals surface area (Å²) < 4.78 is 17.0. The third-order valence-electron chi connectivity index (χ3n) is 16.2. The van der Waals surface area contributed by atoms with Gasteiger partial charge in [-0.2, -0.15) is 0 Å². The normalized spacial score (nSPS) is 12.4. The third kappa shape index (κ3) is 67.9. The molecule has 0 aliphatic heterocycles. The first kappa shape index (κ1) is 79.1. The molecule has 0 radical (unpaired) electrons. The molecule has 1 atom stereocenters. The van der Waals surface area contributed by atoms with E-state index in [-0.39, 0.29) is 31.1 Å². The van der Waals surface area contributed by atoms with Crippen molar-refractivity contribution in [1.29, 1.82) is 0 Å². The summed E-state index contributed by atoms with van der Waals surface area (Å²) in [6.45, 7) is 6.65. The molecule has 0 saturated carbocycles. The average Bonchev–Trinajstić information content (AvgIpc) is 3.47. The summed E-state index contributed by atoms with van der Waals surface area (Å²) in [4.78, 5) is 38.4. The largest absolute Gasteiger partial charge is 0.462 e. The van der Waals surface area contributed by atoms with Crippen LogP contribution in [0.2, 0.25) is 0 Å². The molecule has 0 aliphatic carbocycles. The summed E-state index contributed by atoms with van der Waals surface area (Å²) in [6, 6.07) is 0. The molecule has 478 valence electrons. The molecule has 6 heteroatoms. The van der Waals surface area contributed by atoms with Crippen LogP contribution in [-0.2, 0) is 28.6 Å². The van der Waals surface area contributed by atoms with Gasteiger partial charge in [0.05, 0.1) is 0 Å². The van der Waals surface area contributed by atoms with Gasteiger partial charge in [-0.15, -0.1) is 0 Å². The number of ether oxygens (including phenoxy) is 3. The molecule has 82 heavy (non-hydrogen) atoms. The molecular weight excluding hydrogens is 1010 g/mol. The first-order valence-corrected chi connectivity index (χ1v) is 36.3. The van der Waals surface area contributed by atoms with Crippen molar-refractivity contribution < 1.29 is 28.6 Å². The van der Waals surface area contributed by atoms with Crippen molar-refractivity contribution in [2.24, 2.45) is 0 Å². The molecule has 0 aliphatic rings. The second-order valence-corrected chi connectivity index (χ2v) is 24.5. The number of carbonyl (C=O) groups is 3. The van der Waals surface area contributed by atoms with Crippen LogP contribution in [-0.4, -0.2) is 37.2 Å². The van der Waals surface area contributed by atoms with Crippen molar-refractivity contribution >= 4 is 17.9 Å². The third-order valence-corrected chi connectivity index (χ3v) is 16.2. The SMILES string of the molecule is CCCCC/C=C\CCCCCCCC(=O)OCC(COC(=O)CCCCCCCCCCCCCCCCCCC/C=C\CCCCCCCCCC)OC(=O)CCCCCCCCCC/C=C\C/C=C\C/C=C\CCCCCCC. The maximum absolute atomic E-state index is 12.9. The number of hydrogen-bond acceptors (Lipinski definition) is 6. The minimum atomic E-state index is -0.782. The Balaban J connectivity index is 4.21. The van der Waals surface area contributed by atoms with Crippen LogP contribution >= 0.6 is 0 Å². The number of unbranched alkanes of at least 4 members (excludes halogenated alkanes) is 46. The maximum atomic E-state index is 12.9. The van der Waals surface area contributed by atoms with E-state index in [1.54, 1.807) is 0 Å². The van der Waals surface area contributed by atoms with Gasteiger partial charge in [0.1, 0.15) is 13.2 Å². The molecule has 0 rings (SSSR count). The second-order valence-electron chi connectivity index (χ2n) is 24.5. The van der Waals surface area contributed by atoms with Crippen LogP contribution in [0.5, 0.6) is 0 Å². The summed E-state index contributed by atoms with van der Waals surface area (Å²) in [6.07, 6.45) is 91.2. The summed E-state index contributed by atoms with van der Waals surface area (Å²) in [7, 11) is 0. The minimum absolute atomic E-state index is 0.0767. The van der Waals surface area contributed by atoms with E-state index < -0.39 is 6.10 Å². The lowest BCUT2D eigenvalue weighted by Gasteiger charge is -2.18. The Morgan fingerprint density at radius 1 is 0.244 bits per heavy atom. The highest BCUT2D eigenvalue weighted by molar-refractivity contribution is 5.71. The van der Waals surface area contributed by atoms with Gasteiger partial charge >= 0.3 is 17.9 Å². The van der Waals surface area contributed by atoms with Gasteiger partial charge in [0.15, 0.2) is 6.10 Å². The van der Waals surface area contributed by atoms with Crippen molar-refractivity contribution in [3.05, 3.63) is 60.8 Å². The predicted octanol–water partition coefficient (Wildman–Crippen LogP) is 25.1. The van der Waals surface area contributed by atoms with Crippen LogP contribution in [0.25, 0.3) is 0 Å². The standard InChI is InChI=1S/C76H138O6/c1-4-7-10-13-16-19-22-25-27-29-31-33-35-36-37-38-39-40-42-43-45-47-49-51-54-57-60-63-66-69-75(78)81-72-73(71-80-74(77)68-65-62-59-56-53-24-21-18-15-12-9-6-3)82-76(79)70-67-64-61-58-55-52-50-48-46-44-41-34-32-30-28-26-23-20-17-14-11-8-5-2/h18,21,23,26,29-32,41,44,73H,4-17,19-20,22,24-25,27-28,33-40,42-43,45-72H2,1-3H3/b21-18-,26-23-,31-29-,32-30-,44-41-. The van der Waals surface area contributed by atoms with Crippen LogP contribution in [0.15, 0.2) is 60.8 Å². The van der Waals surface area contributed by atoms with Crippen LogP contribution in [0.4, 0.5) is 0 Å². The zero-order valence-electron chi connectivity index (χ0n) is 55.0. The molecular formula is C76H138O6. The summed E-state index contributed by atoms with van der Waals surface area (Å²) in [5.41, 5.74) is 0. The fourth-order valence-electron chi connectivity index (χ4n) is 10.7. The van der Waals surface area contributed by atoms with Crippen LogP contribution < -0.4 is 0 Å². The van der Waals surface area contributed by atoms with Gasteiger partial charge < -0.3 is 14.2 Å². The Hall–Kier alpha value is -2.89. The topological polar surface area (TPSA) is 78.9 Å². The average molecular weight is 1150 g/mol. The molecule has 0 N–H and O–H groups in total. The number of allylic oxidation sites excluding steroid dienone is 10. The lowest BCUT2D eigenvalue weighted by molar-refractivity contribution is -0.167. The molecule has 0 spiro atoms. The van der Waals surface area contributed by atoms with Gasteiger partial charge in [-0.3, -0.25) is 14.4 Å². The van der Waals surface area contributed by atoms with Gasteiger partial charge in [0, 0.05) is 19.3 Å². The summed E-state index contributed by atoms with van der Waals surface area (Å²) in [5.74, 6) is -0.872. The van der Waals surface area contributed by atoms with Gasteiger partial charge in [0.25, 0.3) is 0 Å². The van der Waals surface area contributed by atoms with Crippen molar-refractivity contribution in [3.63, 3.8) is 0 Å². The number of carbonyl (C=O) groups excluding carboxylic acids is 3. The number of rotatable bonds is 67. The molecule has 0 aromatic rings. The fraction of sp³-hybridized carbons (Fsp3) is 0.829. The highest BCUT2D eigenvalue weighted by atomic mass is 16.6. The molecule has 0 aromatic carbocycles. The van der Waals surface area contributed by atoms with Gasteiger partial charge in [-0.05, 0) is 109 Å². The van der Waals surface area contributed by atoms with E-state index in [9.17, 15) is 14.4 Å².